The van der Waals surface area contributed by atoms with E-state index in [1.807, 2.05) is 18.2 Å². The van der Waals surface area contributed by atoms with Crippen molar-refractivity contribution in [1.82, 2.24) is 24.6 Å². The Morgan fingerprint density at radius 1 is 1.08 bits per heavy atom. The van der Waals surface area contributed by atoms with Gasteiger partial charge in [0.25, 0.3) is 0 Å². The molecule has 128 valence electrons. The molecule has 1 saturated heterocycles. The molecule has 1 fully saturated rings. The molecule has 4 rings (SSSR count). The van der Waals surface area contributed by atoms with E-state index >= 15 is 0 Å². The van der Waals surface area contributed by atoms with Crippen LogP contribution in [0.25, 0.3) is 11.4 Å². The van der Waals surface area contributed by atoms with Gasteiger partial charge in [0, 0.05) is 30.4 Å². The van der Waals surface area contributed by atoms with Gasteiger partial charge in [-0.3, -0.25) is 4.98 Å². The first-order chi connectivity index (χ1) is 12.3. The van der Waals surface area contributed by atoms with Crippen LogP contribution in [0.15, 0.2) is 54.9 Å². The van der Waals surface area contributed by atoms with Crippen molar-refractivity contribution in [2.24, 2.45) is 0 Å². The molecule has 0 aliphatic carbocycles. The summed E-state index contributed by atoms with van der Waals surface area (Å²) in [6, 6.07) is 14.4. The summed E-state index contributed by atoms with van der Waals surface area (Å²) in [6.45, 7) is 2.97. The number of hydrogen-bond acceptors (Lipinski definition) is 4. The normalized spacial score (nSPS) is 18.4. The summed E-state index contributed by atoms with van der Waals surface area (Å²) >= 11 is 0. The fraction of sp³-hybridized carbons (Fsp3) is 0.350. The van der Waals surface area contributed by atoms with E-state index in [0.29, 0.717) is 5.92 Å². The minimum atomic E-state index is 0.436. The third-order valence-corrected chi connectivity index (χ3v) is 4.80. The topological polar surface area (TPSA) is 46.8 Å². The van der Waals surface area contributed by atoms with E-state index in [-0.39, 0.29) is 0 Å². The summed E-state index contributed by atoms with van der Waals surface area (Å²) in [5.74, 6) is 2.33. The number of pyridine rings is 1. The molecule has 1 aromatic carbocycles. The van der Waals surface area contributed by atoms with Crippen LogP contribution in [0.4, 0.5) is 0 Å². The highest BCUT2D eigenvalue weighted by atomic mass is 15.4. The second-order valence-corrected chi connectivity index (χ2v) is 6.77. The maximum absolute atomic E-state index is 4.93. The fourth-order valence-corrected chi connectivity index (χ4v) is 3.53. The molecule has 3 heterocycles. The summed E-state index contributed by atoms with van der Waals surface area (Å²) < 4.78 is 2.09. The van der Waals surface area contributed by atoms with E-state index in [0.717, 1.165) is 30.3 Å². The molecule has 0 radical (unpaired) electrons. The van der Waals surface area contributed by atoms with E-state index in [1.165, 1.54) is 24.9 Å². The van der Waals surface area contributed by atoms with Crippen molar-refractivity contribution in [2.75, 3.05) is 20.1 Å². The molecule has 0 amide bonds. The third kappa shape index (κ3) is 3.61. The van der Waals surface area contributed by atoms with Gasteiger partial charge in [-0.05, 0) is 44.1 Å². The van der Waals surface area contributed by atoms with Crippen molar-refractivity contribution in [1.29, 1.82) is 0 Å². The number of aromatic nitrogens is 4. The monoisotopic (exact) mass is 333 g/mol. The van der Waals surface area contributed by atoms with Crippen LogP contribution in [0.2, 0.25) is 0 Å². The minimum Gasteiger partial charge on any atom is -0.306 e. The molecular formula is C20H23N5. The van der Waals surface area contributed by atoms with Gasteiger partial charge in [-0.1, -0.05) is 30.3 Å². The Balaban J connectivity index is 1.70. The minimum absolute atomic E-state index is 0.436. The number of nitrogens with zero attached hydrogens (tertiary/aromatic N) is 5. The standard InChI is InChI=1S/C20H23N5/c1-24-13-5-8-18(15-24)20-22-19(17-9-11-21-12-10-17)23-25(20)14-16-6-3-2-4-7-16/h2-4,6-7,9-12,18H,5,8,13-15H2,1H3/t18-/m1/s1. The first-order valence-corrected chi connectivity index (χ1v) is 8.87. The zero-order valence-corrected chi connectivity index (χ0v) is 14.5. The van der Waals surface area contributed by atoms with E-state index in [2.05, 4.69) is 45.9 Å². The van der Waals surface area contributed by atoms with E-state index < -0.39 is 0 Å². The Morgan fingerprint density at radius 3 is 2.64 bits per heavy atom. The molecule has 2 aromatic heterocycles. The summed E-state index contributed by atoms with van der Waals surface area (Å²) in [4.78, 5) is 11.4. The first-order valence-electron chi connectivity index (χ1n) is 8.87. The zero-order valence-electron chi connectivity index (χ0n) is 14.5. The lowest BCUT2D eigenvalue weighted by molar-refractivity contribution is 0.242. The average molecular weight is 333 g/mol. The second kappa shape index (κ2) is 7.15. The van der Waals surface area contributed by atoms with Crippen molar-refractivity contribution >= 4 is 0 Å². The number of hydrogen-bond donors (Lipinski definition) is 0. The molecule has 5 heteroatoms. The Morgan fingerprint density at radius 2 is 1.88 bits per heavy atom. The van der Waals surface area contributed by atoms with Crippen LogP contribution < -0.4 is 0 Å². The summed E-state index contributed by atoms with van der Waals surface area (Å²) in [5.41, 5.74) is 2.27. The smallest absolute Gasteiger partial charge is 0.181 e. The largest absolute Gasteiger partial charge is 0.306 e. The molecular weight excluding hydrogens is 310 g/mol. The molecule has 5 nitrogen and oxygen atoms in total. The predicted octanol–water partition coefficient (Wildman–Crippen LogP) is 3.20. The van der Waals surface area contributed by atoms with E-state index in [9.17, 15) is 0 Å². The number of benzene rings is 1. The van der Waals surface area contributed by atoms with Crippen LogP contribution in [-0.2, 0) is 6.54 Å². The number of rotatable bonds is 4. The van der Waals surface area contributed by atoms with Crippen molar-refractivity contribution in [3.63, 3.8) is 0 Å². The fourth-order valence-electron chi connectivity index (χ4n) is 3.53. The highest BCUT2D eigenvalue weighted by molar-refractivity contribution is 5.53. The maximum Gasteiger partial charge on any atom is 0.181 e. The maximum atomic E-state index is 4.93. The molecule has 0 unspecified atom stereocenters. The van der Waals surface area contributed by atoms with Crippen LogP contribution in [-0.4, -0.2) is 44.8 Å². The molecule has 0 bridgehead atoms. The lowest BCUT2D eigenvalue weighted by atomic mass is 9.97. The Labute approximate surface area is 148 Å². The van der Waals surface area contributed by atoms with Crippen LogP contribution in [0, 0.1) is 0 Å². The molecule has 1 aliphatic rings. The van der Waals surface area contributed by atoms with Gasteiger partial charge in [0.05, 0.1) is 6.54 Å². The molecule has 25 heavy (non-hydrogen) atoms. The van der Waals surface area contributed by atoms with Crippen LogP contribution >= 0.6 is 0 Å². The van der Waals surface area contributed by atoms with Gasteiger partial charge in [-0.25, -0.2) is 9.67 Å². The first kappa shape index (κ1) is 16.0. The van der Waals surface area contributed by atoms with Crippen molar-refractivity contribution < 1.29 is 0 Å². The Bertz CT molecular complexity index is 813. The molecule has 1 aliphatic heterocycles. The molecule has 0 N–H and O–H groups in total. The van der Waals surface area contributed by atoms with Gasteiger partial charge < -0.3 is 4.90 Å². The van der Waals surface area contributed by atoms with Crippen LogP contribution in [0.1, 0.15) is 30.1 Å². The van der Waals surface area contributed by atoms with Gasteiger partial charge in [0.2, 0.25) is 0 Å². The lowest BCUT2D eigenvalue weighted by Crippen LogP contribution is -2.32. The van der Waals surface area contributed by atoms with Crippen LogP contribution in [0.3, 0.4) is 0 Å². The SMILES string of the molecule is CN1CCC[C@@H](c2nc(-c3ccncc3)nn2Cc2ccccc2)C1. The second-order valence-electron chi connectivity index (χ2n) is 6.77. The van der Waals surface area contributed by atoms with E-state index in [4.69, 9.17) is 10.1 Å². The number of piperidine rings is 1. The Hall–Kier alpha value is -2.53. The van der Waals surface area contributed by atoms with Gasteiger partial charge in [-0.15, -0.1) is 0 Å². The van der Waals surface area contributed by atoms with Crippen molar-refractivity contribution in [3.8, 4) is 11.4 Å². The molecule has 0 saturated carbocycles. The highest BCUT2D eigenvalue weighted by Gasteiger charge is 2.25. The van der Waals surface area contributed by atoms with Crippen molar-refractivity contribution in [2.45, 2.75) is 25.3 Å². The number of likely N-dealkylation sites (N-methyl/N-ethyl adjacent to an activating group) is 1. The summed E-state index contributed by atoms with van der Waals surface area (Å²) in [6.07, 6.45) is 5.97. The summed E-state index contributed by atoms with van der Waals surface area (Å²) in [7, 11) is 2.19. The van der Waals surface area contributed by atoms with Gasteiger partial charge in [0.1, 0.15) is 5.82 Å². The van der Waals surface area contributed by atoms with Crippen LogP contribution in [0.5, 0.6) is 0 Å². The van der Waals surface area contributed by atoms with E-state index in [1.54, 1.807) is 12.4 Å². The molecule has 1 atom stereocenters. The quantitative estimate of drug-likeness (QED) is 0.735. The summed E-state index contributed by atoms with van der Waals surface area (Å²) in [5, 5.41) is 4.84. The highest BCUT2D eigenvalue weighted by Crippen LogP contribution is 2.27. The Kier molecular flexibility index (Phi) is 4.57. The lowest BCUT2D eigenvalue weighted by Gasteiger charge is -2.29. The van der Waals surface area contributed by atoms with Gasteiger partial charge in [-0.2, -0.15) is 5.10 Å². The van der Waals surface area contributed by atoms with Crippen molar-refractivity contribution in [3.05, 3.63) is 66.2 Å². The zero-order chi connectivity index (χ0) is 17.1. The predicted molar refractivity (Wildman–Crippen MR) is 98.3 cm³/mol. The number of likely N-dealkylation sites (tertiary alicyclic amines) is 1. The van der Waals surface area contributed by atoms with Gasteiger partial charge >= 0.3 is 0 Å². The average Bonchev–Trinajstić information content (AvgIpc) is 3.07. The molecule has 3 aromatic rings. The third-order valence-electron chi connectivity index (χ3n) is 4.80. The van der Waals surface area contributed by atoms with Gasteiger partial charge in [0.15, 0.2) is 5.82 Å². The molecule has 0 spiro atoms.